The number of benzene rings is 2. The van der Waals surface area contributed by atoms with Crippen molar-refractivity contribution in [1.82, 2.24) is 4.90 Å². The second kappa shape index (κ2) is 8.27. The highest BCUT2D eigenvalue weighted by molar-refractivity contribution is 5.46. The lowest BCUT2D eigenvalue weighted by Crippen LogP contribution is -2.49. The van der Waals surface area contributed by atoms with Crippen molar-refractivity contribution in [1.29, 1.82) is 0 Å². The van der Waals surface area contributed by atoms with Gasteiger partial charge in [-0.2, -0.15) is 0 Å². The average molecular weight is 348 g/mol. The molecule has 2 aromatic carbocycles. The topological polar surface area (TPSA) is 35.9 Å². The summed E-state index contributed by atoms with van der Waals surface area (Å²) in [6, 6.07) is 12.7. The summed E-state index contributed by atoms with van der Waals surface area (Å²) >= 11 is 0. The van der Waals surface area contributed by atoms with Gasteiger partial charge in [-0.05, 0) is 36.4 Å². The fourth-order valence-electron chi connectivity index (χ4n) is 2.94. The molecule has 0 aliphatic carbocycles. The van der Waals surface area contributed by atoms with Crippen molar-refractivity contribution in [2.75, 3.05) is 44.2 Å². The highest BCUT2D eigenvalue weighted by Crippen LogP contribution is 2.18. The third-order valence-corrected chi connectivity index (χ3v) is 4.30. The zero-order chi connectivity index (χ0) is 17.6. The minimum absolute atomic E-state index is 0.0547. The van der Waals surface area contributed by atoms with Gasteiger partial charge < -0.3 is 14.7 Å². The van der Waals surface area contributed by atoms with Crippen LogP contribution in [0.2, 0.25) is 0 Å². The van der Waals surface area contributed by atoms with Crippen molar-refractivity contribution in [2.45, 2.75) is 6.10 Å². The predicted molar refractivity (Wildman–Crippen MR) is 93.0 cm³/mol. The van der Waals surface area contributed by atoms with Gasteiger partial charge in [-0.3, -0.25) is 4.90 Å². The van der Waals surface area contributed by atoms with Gasteiger partial charge in [-0.15, -0.1) is 0 Å². The van der Waals surface area contributed by atoms with Crippen molar-refractivity contribution in [3.05, 3.63) is 60.2 Å². The number of ether oxygens (including phenoxy) is 1. The Hall–Kier alpha value is -2.18. The van der Waals surface area contributed by atoms with Crippen LogP contribution in [-0.4, -0.2) is 55.4 Å². The lowest BCUT2D eigenvalue weighted by Gasteiger charge is -2.36. The molecule has 25 heavy (non-hydrogen) atoms. The monoisotopic (exact) mass is 348 g/mol. The molecule has 1 saturated heterocycles. The van der Waals surface area contributed by atoms with Crippen LogP contribution in [0.15, 0.2) is 48.5 Å². The molecular formula is C19H22F2N2O2. The van der Waals surface area contributed by atoms with E-state index in [1.54, 1.807) is 30.3 Å². The van der Waals surface area contributed by atoms with Gasteiger partial charge >= 0.3 is 0 Å². The minimum Gasteiger partial charge on any atom is -0.488 e. The highest BCUT2D eigenvalue weighted by atomic mass is 19.1. The molecular weight excluding hydrogens is 326 g/mol. The maximum atomic E-state index is 13.5. The molecule has 0 saturated carbocycles. The number of hydrogen-bond acceptors (Lipinski definition) is 4. The lowest BCUT2D eigenvalue weighted by molar-refractivity contribution is 0.0649. The van der Waals surface area contributed by atoms with E-state index in [4.69, 9.17) is 4.74 Å². The number of hydrogen-bond donors (Lipinski definition) is 1. The Kier molecular flexibility index (Phi) is 5.83. The smallest absolute Gasteiger partial charge is 0.165 e. The van der Waals surface area contributed by atoms with Crippen molar-refractivity contribution in [3.8, 4) is 5.75 Å². The van der Waals surface area contributed by atoms with Gasteiger partial charge in [0.1, 0.15) is 18.5 Å². The SMILES string of the molecule is O[C@@H](COc1ccccc1F)CN1CCN(c2ccc(F)cc2)CC1. The Labute approximate surface area is 146 Å². The number of halogens is 2. The van der Waals surface area contributed by atoms with E-state index in [0.29, 0.717) is 6.54 Å². The van der Waals surface area contributed by atoms with Crippen molar-refractivity contribution in [2.24, 2.45) is 0 Å². The molecule has 0 aromatic heterocycles. The van der Waals surface area contributed by atoms with Crippen LogP contribution < -0.4 is 9.64 Å². The number of anilines is 1. The molecule has 4 nitrogen and oxygen atoms in total. The minimum atomic E-state index is -0.683. The van der Waals surface area contributed by atoms with Gasteiger partial charge in [-0.25, -0.2) is 8.78 Å². The number of piperazine rings is 1. The van der Waals surface area contributed by atoms with Crippen LogP contribution in [0.1, 0.15) is 0 Å². The van der Waals surface area contributed by atoms with E-state index in [2.05, 4.69) is 9.80 Å². The van der Waals surface area contributed by atoms with Crippen molar-refractivity contribution >= 4 is 5.69 Å². The first kappa shape index (κ1) is 17.6. The van der Waals surface area contributed by atoms with E-state index in [1.165, 1.54) is 18.2 Å². The Bertz CT molecular complexity index is 673. The summed E-state index contributed by atoms with van der Waals surface area (Å²) in [6.07, 6.45) is -0.683. The number of nitrogens with zero attached hydrogens (tertiary/aromatic N) is 2. The van der Waals surface area contributed by atoms with E-state index in [0.717, 1.165) is 31.9 Å². The Morgan fingerprint density at radius 3 is 2.32 bits per heavy atom. The maximum absolute atomic E-state index is 13.5. The van der Waals surface area contributed by atoms with Crippen LogP contribution in [0, 0.1) is 11.6 Å². The normalized spacial score (nSPS) is 16.7. The summed E-state index contributed by atoms with van der Waals surface area (Å²) in [4.78, 5) is 4.34. The van der Waals surface area contributed by atoms with Gasteiger partial charge in [0, 0.05) is 38.4 Å². The zero-order valence-electron chi connectivity index (χ0n) is 13.9. The van der Waals surface area contributed by atoms with Crippen LogP contribution in [0.5, 0.6) is 5.75 Å². The largest absolute Gasteiger partial charge is 0.488 e. The molecule has 1 aliphatic heterocycles. The molecule has 0 bridgehead atoms. The third kappa shape index (κ3) is 4.90. The Morgan fingerprint density at radius 1 is 0.960 bits per heavy atom. The van der Waals surface area contributed by atoms with Crippen LogP contribution in [-0.2, 0) is 0 Å². The first-order valence-electron chi connectivity index (χ1n) is 8.40. The van der Waals surface area contributed by atoms with E-state index in [9.17, 15) is 13.9 Å². The third-order valence-electron chi connectivity index (χ3n) is 4.30. The summed E-state index contributed by atoms with van der Waals surface area (Å²) in [5.74, 6) is -0.509. The van der Waals surface area contributed by atoms with Crippen LogP contribution in [0.3, 0.4) is 0 Å². The number of aliphatic hydroxyl groups excluding tert-OH is 1. The molecule has 134 valence electrons. The first-order chi connectivity index (χ1) is 12.1. The summed E-state index contributed by atoms with van der Waals surface area (Å²) in [5.41, 5.74) is 1.00. The van der Waals surface area contributed by atoms with E-state index in [1.807, 2.05) is 0 Å². The van der Waals surface area contributed by atoms with Gasteiger partial charge in [0.05, 0.1) is 0 Å². The fourth-order valence-corrected chi connectivity index (χ4v) is 2.94. The van der Waals surface area contributed by atoms with E-state index < -0.39 is 11.9 Å². The summed E-state index contributed by atoms with van der Waals surface area (Å²) in [6.45, 7) is 3.76. The molecule has 0 spiro atoms. The molecule has 1 fully saturated rings. The van der Waals surface area contributed by atoms with E-state index in [-0.39, 0.29) is 18.2 Å². The summed E-state index contributed by atoms with van der Waals surface area (Å²) in [5, 5.41) is 10.1. The maximum Gasteiger partial charge on any atom is 0.165 e. The number of β-amino-alcohol motifs (C(OH)–C–C–N with tert-alkyl or cyclic N) is 1. The molecule has 1 atom stereocenters. The van der Waals surface area contributed by atoms with Gasteiger partial charge in [-0.1, -0.05) is 12.1 Å². The second-order valence-corrected chi connectivity index (χ2v) is 6.16. The number of aliphatic hydroxyl groups is 1. The molecule has 6 heteroatoms. The molecule has 0 amide bonds. The van der Waals surface area contributed by atoms with Gasteiger partial charge in [0.15, 0.2) is 11.6 Å². The van der Waals surface area contributed by atoms with Crippen LogP contribution in [0.25, 0.3) is 0 Å². The van der Waals surface area contributed by atoms with Crippen molar-refractivity contribution in [3.63, 3.8) is 0 Å². The summed E-state index contributed by atoms with van der Waals surface area (Å²) < 4.78 is 31.8. The van der Waals surface area contributed by atoms with Crippen molar-refractivity contribution < 1.29 is 18.6 Å². The molecule has 2 aromatic rings. The Morgan fingerprint density at radius 2 is 1.64 bits per heavy atom. The van der Waals surface area contributed by atoms with Gasteiger partial charge in [0.25, 0.3) is 0 Å². The standard InChI is InChI=1S/C19H22F2N2O2/c20-15-5-7-16(8-6-15)23-11-9-22(10-12-23)13-17(24)14-25-19-4-2-1-3-18(19)21/h1-8,17,24H,9-14H2/t17-/m1/s1. The fraction of sp³-hybridized carbons (Fsp3) is 0.368. The average Bonchev–Trinajstić information content (AvgIpc) is 2.62. The molecule has 0 radical (unpaired) electrons. The molecule has 0 unspecified atom stereocenters. The quantitative estimate of drug-likeness (QED) is 0.870. The molecule has 1 heterocycles. The van der Waals surface area contributed by atoms with E-state index >= 15 is 0 Å². The Balaban J connectivity index is 1.42. The van der Waals surface area contributed by atoms with Crippen LogP contribution in [0.4, 0.5) is 14.5 Å². The lowest BCUT2D eigenvalue weighted by atomic mass is 10.2. The summed E-state index contributed by atoms with van der Waals surface area (Å²) in [7, 11) is 0. The number of para-hydroxylation sites is 1. The predicted octanol–water partition coefficient (Wildman–Crippen LogP) is 2.53. The van der Waals surface area contributed by atoms with Crippen LogP contribution >= 0.6 is 0 Å². The highest BCUT2D eigenvalue weighted by Gasteiger charge is 2.20. The molecule has 3 rings (SSSR count). The van der Waals surface area contributed by atoms with Gasteiger partial charge in [0.2, 0.25) is 0 Å². The molecule has 1 aliphatic rings. The number of rotatable bonds is 6. The second-order valence-electron chi connectivity index (χ2n) is 6.16. The first-order valence-corrected chi connectivity index (χ1v) is 8.40. The zero-order valence-corrected chi connectivity index (χ0v) is 13.9. The molecule has 1 N–H and O–H groups in total.